The van der Waals surface area contributed by atoms with Crippen LogP contribution in [0.3, 0.4) is 0 Å². The Morgan fingerprint density at radius 3 is 2.62 bits per heavy atom. The molecule has 0 radical (unpaired) electrons. The molecule has 3 heterocycles. The average Bonchev–Trinajstić information content (AvgIpc) is 3.01. The largest absolute Gasteiger partial charge is 0.453 e. The summed E-state index contributed by atoms with van der Waals surface area (Å²) in [5, 5.41) is 10.4. The van der Waals surface area contributed by atoms with Crippen molar-refractivity contribution in [1.82, 2.24) is 35.0 Å². The summed E-state index contributed by atoms with van der Waals surface area (Å²) in [5.41, 5.74) is 2.70. The molecule has 0 aromatic carbocycles. The average molecular weight is 396 g/mol. The van der Waals surface area contributed by atoms with Crippen LogP contribution in [-0.4, -0.2) is 55.3 Å². The number of aryl methyl sites for hydroxylation is 4. The highest BCUT2D eigenvalue weighted by molar-refractivity contribution is 5.77. The summed E-state index contributed by atoms with van der Waals surface area (Å²) in [4.78, 5) is 28.7. The fraction of sp³-hybridized carbons (Fsp3) is 0.368. The Kier molecular flexibility index (Phi) is 6.32. The molecule has 0 saturated carbocycles. The van der Waals surface area contributed by atoms with Crippen LogP contribution in [0.15, 0.2) is 24.4 Å². The molecule has 10 nitrogen and oxygen atoms in total. The van der Waals surface area contributed by atoms with Gasteiger partial charge in [0.15, 0.2) is 12.4 Å². The Morgan fingerprint density at radius 2 is 1.90 bits per heavy atom. The van der Waals surface area contributed by atoms with Gasteiger partial charge in [-0.25, -0.2) is 24.6 Å². The predicted molar refractivity (Wildman–Crippen MR) is 107 cm³/mol. The lowest BCUT2D eigenvalue weighted by Crippen LogP contribution is -2.33. The Labute approximate surface area is 168 Å². The number of hydrogen-bond donors (Lipinski definition) is 2. The third-order valence-electron chi connectivity index (χ3n) is 3.91. The SMILES string of the molecule is Cc1ccnc(OCC(=O)NCCNc2cc(-n3nc(C)cc3C)nc(C)n2)n1. The van der Waals surface area contributed by atoms with Gasteiger partial charge in [0.25, 0.3) is 5.91 Å². The van der Waals surface area contributed by atoms with Gasteiger partial charge in [0, 0.05) is 36.7 Å². The lowest BCUT2D eigenvalue weighted by Gasteiger charge is -2.10. The summed E-state index contributed by atoms with van der Waals surface area (Å²) in [5.74, 6) is 1.74. The van der Waals surface area contributed by atoms with Crippen LogP contribution in [-0.2, 0) is 4.79 Å². The zero-order chi connectivity index (χ0) is 20.8. The molecule has 0 aliphatic heterocycles. The first-order valence-electron chi connectivity index (χ1n) is 9.23. The van der Waals surface area contributed by atoms with Crippen LogP contribution < -0.4 is 15.4 Å². The molecule has 0 atom stereocenters. The molecule has 0 bridgehead atoms. The molecule has 2 N–H and O–H groups in total. The van der Waals surface area contributed by atoms with Gasteiger partial charge in [-0.1, -0.05) is 0 Å². The molecule has 0 unspecified atom stereocenters. The number of rotatable bonds is 8. The molecule has 1 amide bonds. The zero-order valence-electron chi connectivity index (χ0n) is 16.9. The molecule has 0 fully saturated rings. The van der Waals surface area contributed by atoms with Crippen molar-refractivity contribution in [3.05, 3.63) is 47.3 Å². The van der Waals surface area contributed by atoms with Gasteiger partial charge in [0.05, 0.1) is 5.69 Å². The number of carbonyl (C=O) groups is 1. The first-order valence-corrected chi connectivity index (χ1v) is 9.23. The van der Waals surface area contributed by atoms with Crippen LogP contribution >= 0.6 is 0 Å². The lowest BCUT2D eigenvalue weighted by molar-refractivity contribution is -0.123. The third kappa shape index (κ3) is 5.71. The molecule has 3 aromatic heterocycles. The van der Waals surface area contributed by atoms with E-state index in [1.54, 1.807) is 16.9 Å². The highest BCUT2D eigenvalue weighted by Gasteiger charge is 2.09. The van der Waals surface area contributed by atoms with Crippen molar-refractivity contribution >= 4 is 11.7 Å². The number of anilines is 1. The van der Waals surface area contributed by atoms with Gasteiger partial charge >= 0.3 is 6.01 Å². The third-order valence-corrected chi connectivity index (χ3v) is 3.91. The fourth-order valence-electron chi connectivity index (χ4n) is 2.68. The summed E-state index contributed by atoms with van der Waals surface area (Å²) in [6, 6.07) is 5.76. The minimum atomic E-state index is -0.251. The lowest BCUT2D eigenvalue weighted by atomic mass is 10.4. The number of amides is 1. The van der Waals surface area contributed by atoms with E-state index in [4.69, 9.17) is 4.74 Å². The number of nitrogens with one attached hydrogen (secondary N) is 2. The van der Waals surface area contributed by atoms with E-state index in [0.717, 1.165) is 17.1 Å². The molecule has 0 aliphatic carbocycles. The van der Waals surface area contributed by atoms with Crippen LogP contribution in [0.25, 0.3) is 5.82 Å². The van der Waals surface area contributed by atoms with E-state index in [0.29, 0.717) is 30.5 Å². The first-order chi connectivity index (χ1) is 13.9. The Balaban J connectivity index is 1.48. The Hall–Kier alpha value is -3.56. The molecule has 152 valence electrons. The van der Waals surface area contributed by atoms with Gasteiger partial charge < -0.3 is 15.4 Å². The van der Waals surface area contributed by atoms with E-state index in [1.807, 2.05) is 39.8 Å². The molecule has 0 spiro atoms. The van der Waals surface area contributed by atoms with Gasteiger partial charge in [-0.3, -0.25) is 4.79 Å². The second kappa shape index (κ2) is 9.09. The maximum Gasteiger partial charge on any atom is 0.317 e. The van der Waals surface area contributed by atoms with Gasteiger partial charge in [0.2, 0.25) is 0 Å². The first kappa shape index (κ1) is 20.2. The summed E-state index contributed by atoms with van der Waals surface area (Å²) in [6.45, 7) is 8.34. The number of ether oxygens (including phenoxy) is 1. The van der Waals surface area contributed by atoms with Gasteiger partial charge in [-0.05, 0) is 39.8 Å². The number of hydrogen-bond acceptors (Lipinski definition) is 8. The molecule has 0 saturated heterocycles. The topological polar surface area (TPSA) is 120 Å². The van der Waals surface area contributed by atoms with Crippen LogP contribution in [0, 0.1) is 27.7 Å². The summed E-state index contributed by atoms with van der Waals surface area (Å²) >= 11 is 0. The van der Waals surface area contributed by atoms with Crippen molar-refractivity contribution < 1.29 is 9.53 Å². The Bertz CT molecular complexity index is 1000. The second-order valence-corrected chi connectivity index (χ2v) is 6.54. The molecular weight excluding hydrogens is 372 g/mol. The zero-order valence-corrected chi connectivity index (χ0v) is 16.9. The number of carbonyl (C=O) groups excluding carboxylic acids is 1. The minimum Gasteiger partial charge on any atom is -0.453 e. The van der Waals surface area contributed by atoms with Crippen molar-refractivity contribution in [2.45, 2.75) is 27.7 Å². The molecular formula is C19H24N8O2. The maximum absolute atomic E-state index is 11.9. The van der Waals surface area contributed by atoms with Gasteiger partial charge in [0.1, 0.15) is 11.6 Å². The maximum atomic E-state index is 11.9. The van der Waals surface area contributed by atoms with Crippen LogP contribution in [0.1, 0.15) is 22.9 Å². The molecule has 10 heteroatoms. The standard InChI is InChI=1S/C19H24N8O2/c1-12-5-6-22-19(23-12)29-11-18(28)21-8-7-20-16-10-17(25-15(4)24-16)27-14(3)9-13(2)26-27/h5-6,9-10H,7-8,11H2,1-4H3,(H,21,28)(H,20,24,25). The van der Waals surface area contributed by atoms with Gasteiger partial charge in [-0.2, -0.15) is 5.10 Å². The molecule has 0 aliphatic rings. The van der Waals surface area contributed by atoms with Crippen LogP contribution in [0.5, 0.6) is 6.01 Å². The Morgan fingerprint density at radius 1 is 1.07 bits per heavy atom. The highest BCUT2D eigenvalue weighted by atomic mass is 16.5. The molecule has 3 aromatic rings. The van der Waals surface area contributed by atoms with Crippen molar-refractivity contribution in [3.63, 3.8) is 0 Å². The van der Waals surface area contributed by atoms with E-state index >= 15 is 0 Å². The summed E-state index contributed by atoms with van der Waals surface area (Å²) in [6.07, 6.45) is 1.59. The summed E-state index contributed by atoms with van der Waals surface area (Å²) in [7, 11) is 0. The smallest absolute Gasteiger partial charge is 0.317 e. The monoisotopic (exact) mass is 396 g/mol. The molecule has 29 heavy (non-hydrogen) atoms. The normalized spacial score (nSPS) is 10.6. The number of aromatic nitrogens is 6. The van der Waals surface area contributed by atoms with Crippen molar-refractivity contribution in [2.75, 3.05) is 25.0 Å². The van der Waals surface area contributed by atoms with E-state index < -0.39 is 0 Å². The van der Waals surface area contributed by atoms with E-state index in [2.05, 4.69) is 35.7 Å². The van der Waals surface area contributed by atoms with Crippen LogP contribution in [0.2, 0.25) is 0 Å². The molecule has 3 rings (SSSR count). The van der Waals surface area contributed by atoms with E-state index in [9.17, 15) is 4.79 Å². The van der Waals surface area contributed by atoms with E-state index in [1.165, 1.54) is 0 Å². The second-order valence-electron chi connectivity index (χ2n) is 6.54. The number of nitrogens with zero attached hydrogens (tertiary/aromatic N) is 6. The minimum absolute atomic E-state index is 0.141. The predicted octanol–water partition coefficient (Wildman–Crippen LogP) is 1.29. The van der Waals surface area contributed by atoms with Crippen molar-refractivity contribution in [2.24, 2.45) is 0 Å². The highest BCUT2D eigenvalue weighted by Crippen LogP contribution is 2.13. The summed E-state index contributed by atoms with van der Waals surface area (Å²) < 4.78 is 7.05. The van der Waals surface area contributed by atoms with Crippen molar-refractivity contribution in [1.29, 1.82) is 0 Å². The fourth-order valence-corrected chi connectivity index (χ4v) is 2.68. The van der Waals surface area contributed by atoms with Crippen LogP contribution in [0.4, 0.5) is 5.82 Å². The van der Waals surface area contributed by atoms with E-state index in [-0.39, 0.29) is 18.5 Å². The quantitative estimate of drug-likeness (QED) is 0.547. The van der Waals surface area contributed by atoms with Gasteiger partial charge in [-0.15, -0.1) is 0 Å². The van der Waals surface area contributed by atoms with Crippen molar-refractivity contribution in [3.8, 4) is 11.8 Å².